The molecule has 2 rings (SSSR count). The molecule has 19 heavy (non-hydrogen) atoms. The van der Waals surface area contributed by atoms with E-state index in [1.165, 1.54) is 19.3 Å². The number of ether oxygens (including phenoxy) is 1. The third kappa shape index (κ3) is 3.95. The zero-order valence-corrected chi connectivity index (χ0v) is 12.2. The van der Waals surface area contributed by atoms with Gasteiger partial charge in [-0.3, -0.25) is 0 Å². The minimum atomic E-state index is 0.377. The van der Waals surface area contributed by atoms with Gasteiger partial charge in [0.1, 0.15) is 18.2 Å². The molecule has 0 amide bonds. The monoisotopic (exact) mass is 283 g/mol. The molecule has 6 nitrogen and oxygen atoms in total. The summed E-state index contributed by atoms with van der Waals surface area (Å²) in [6, 6.07) is 2.30. The molecule has 0 spiro atoms. The van der Waals surface area contributed by atoms with Crippen molar-refractivity contribution in [1.82, 2.24) is 9.97 Å². The molecule has 1 aliphatic carbocycles. The van der Waals surface area contributed by atoms with E-state index in [4.69, 9.17) is 10.6 Å². The van der Waals surface area contributed by atoms with Crippen molar-refractivity contribution >= 4 is 23.4 Å². The molecule has 1 saturated carbocycles. The molecular formula is C12H21N5OS. The van der Waals surface area contributed by atoms with Gasteiger partial charge in [-0.05, 0) is 25.5 Å². The maximum absolute atomic E-state index is 5.42. The lowest BCUT2D eigenvalue weighted by atomic mass is 10.2. The van der Waals surface area contributed by atoms with Crippen LogP contribution in [0.4, 0.5) is 11.6 Å². The van der Waals surface area contributed by atoms with E-state index in [0.29, 0.717) is 24.3 Å². The molecular weight excluding hydrogens is 262 g/mol. The first-order valence-corrected chi connectivity index (χ1v) is 7.66. The van der Waals surface area contributed by atoms with Crippen molar-refractivity contribution in [2.24, 2.45) is 5.84 Å². The Kier molecular flexibility index (Phi) is 5.24. The van der Waals surface area contributed by atoms with Crippen LogP contribution in [0.25, 0.3) is 0 Å². The van der Waals surface area contributed by atoms with Gasteiger partial charge in [-0.25, -0.2) is 15.8 Å². The van der Waals surface area contributed by atoms with Crippen LogP contribution >= 0.6 is 11.8 Å². The number of hydrogen-bond donors (Lipinski definition) is 3. The van der Waals surface area contributed by atoms with Crippen LogP contribution in [0.2, 0.25) is 0 Å². The number of nitrogen functional groups attached to an aromatic ring is 1. The molecule has 1 aromatic rings. The van der Waals surface area contributed by atoms with Crippen molar-refractivity contribution in [3.8, 4) is 0 Å². The molecule has 0 radical (unpaired) electrons. The molecule has 1 aliphatic rings. The SMILES string of the molecule is COCc1nc(NN)cc(NC2CCC(SC)C2)n1. The van der Waals surface area contributed by atoms with E-state index in [9.17, 15) is 0 Å². The summed E-state index contributed by atoms with van der Waals surface area (Å²) in [7, 11) is 1.62. The molecule has 4 N–H and O–H groups in total. The first-order chi connectivity index (χ1) is 9.25. The maximum Gasteiger partial charge on any atom is 0.158 e. The maximum atomic E-state index is 5.42. The Morgan fingerprint density at radius 1 is 1.42 bits per heavy atom. The summed E-state index contributed by atoms with van der Waals surface area (Å²) in [5.74, 6) is 7.46. The van der Waals surface area contributed by atoms with Crippen molar-refractivity contribution in [3.05, 3.63) is 11.9 Å². The van der Waals surface area contributed by atoms with Gasteiger partial charge in [0, 0.05) is 24.5 Å². The predicted octanol–water partition coefficient (Wildman–Crippen LogP) is 1.60. The molecule has 2 unspecified atom stereocenters. The van der Waals surface area contributed by atoms with Gasteiger partial charge in [0.05, 0.1) is 0 Å². The molecule has 0 aliphatic heterocycles. The molecule has 0 saturated heterocycles. The van der Waals surface area contributed by atoms with E-state index in [2.05, 4.69) is 27.0 Å². The summed E-state index contributed by atoms with van der Waals surface area (Å²) < 4.78 is 5.06. The van der Waals surface area contributed by atoms with Crippen molar-refractivity contribution in [2.75, 3.05) is 24.1 Å². The quantitative estimate of drug-likeness (QED) is 0.540. The van der Waals surface area contributed by atoms with Crippen LogP contribution in [0.5, 0.6) is 0 Å². The Hall–Kier alpha value is -1.05. The highest BCUT2D eigenvalue weighted by molar-refractivity contribution is 7.99. The molecule has 1 heterocycles. The van der Waals surface area contributed by atoms with Gasteiger partial charge in [0.25, 0.3) is 0 Å². The van der Waals surface area contributed by atoms with Gasteiger partial charge >= 0.3 is 0 Å². The Morgan fingerprint density at radius 2 is 2.21 bits per heavy atom. The van der Waals surface area contributed by atoms with E-state index in [0.717, 1.165) is 11.1 Å². The second-order valence-corrected chi connectivity index (χ2v) is 5.78. The highest BCUT2D eigenvalue weighted by Crippen LogP contribution is 2.30. The van der Waals surface area contributed by atoms with Crippen LogP contribution in [0.1, 0.15) is 25.1 Å². The third-order valence-corrected chi connectivity index (χ3v) is 4.36. The lowest BCUT2D eigenvalue weighted by Crippen LogP contribution is -2.19. The van der Waals surface area contributed by atoms with Gasteiger partial charge in [-0.1, -0.05) is 0 Å². The van der Waals surface area contributed by atoms with Crippen molar-refractivity contribution in [3.63, 3.8) is 0 Å². The number of methoxy groups -OCH3 is 1. The number of hydrogen-bond acceptors (Lipinski definition) is 7. The van der Waals surface area contributed by atoms with Crippen LogP contribution < -0.4 is 16.6 Å². The standard InChI is InChI=1S/C12H21N5OS/c1-18-7-12-15-10(6-11(16-12)17-13)14-8-3-4-9(5-8)19-2/h6,8-9H,3-5,7,13H2,1-2H3,(H2,14,15,16,17). The number of nitrogens with zero attached hydrogens (tertiary/aromatic N) is 2. The topological polar surface area (TPSA) is 85.1 Å². The van der Waals surface area contributed by atoms with Crippen molar-refractivity contribution in [2.45, 2.75) is 37.2 Å². The first kappa shape index (κ1) is 14.4. The predicted molar refractivity (Wildman–Crippen MR) is 79.1 cm³/mol. The van der Waals surface area contributed by atoms with E-state index < -0.39 is 0 Å². The van der Waals surface area contributed by atoms with Gasteiger partial charge in [0.15, 0.2) is 5.82 Å². The molecule has 0 bridgehead atoms. The van der Waals surface area contributed by atoms with Gasteiger partial charge < -0.3 is 15.5 Å². The summed E-state index contributed by atoms with van der Waals surface area (Å²) in [6.45, 7) is 0.377. The first-order valence-electron chi connectivity index (χ1n) is 6.38. The van der Waals surface area contributed by atoms with Crippen LogP contribution in [0, 0.1) is 0 Å². The molecule has 0 aromatic carbocycles. The summed E-state index contributed by atoms with van der Waals surface area (Å²) >= 11 is 1.94. The number of nitrogens with one attached hydrogen (secondary N) is 2. The van der Waals surface area contributed by atoms with Crippen molar-refractivity contribution in [1.29, 1.82) is 0 Å². The molecule has 2 atom stereocenters. The Labute approximate surface area is 117 Å². The Bertz CT molecular complexity index is 417. The average Bonchev–Trinajstić information content (AvgIpc) is 2.86. The van der Waals surface area contributed by atoms with E-state index in [1.54, 1.807) is 7.11 Å². The number of thioether (sulfide) groups is 1. The lowest BCUT2D eigenvalue weighted by molar-refractivity contribution is 0.178. The number of aromatic nitrogens is 2. The normalized spacial score (nSPS) is 22.5. The zero-order valence-electron chi connectivity index (χ0n) is 11.3. The fourth-order valence-corrected chi connectivity index (χ4v) is 3.13. The second-order valence-electron chi connectivity index (χ2n) is 4.64. The molecule has 1 aromatic heterocycles. The summed E-state index contributed by atoms with van der Waals surface area (Å²) in [5.41, 5.74) is 2.56. The van der Waals surface area contributed by atoms with E-state index in [-0.39, 0.29) is 0 Å². The van der Waals surface area contributed by atoms with Crippen LogP contribution in [0.15, 0.2) is 6.07 Å². The summed E-state index contributed by atoms with van der Waals surface area (Å²) in [5, 5.41) is 4.22. The smallest absolute Gasteiger partial charge is 0.158 e. The van der Waals surface area contributed by atoms with E-state index in [1.807, 2.05) is 17.8 Å². The summed E-state index contributed by atoms with van der Waals surface area (Å²) in [4.78, 5) is 8.67. The Morgan fingerprint density at radius 3 is 2.84 bits per heavy atom. The highest BCUT2D eigenvalue weighted by Gasteiger charge is 2.24. The van der Waals surface area contributed by atoms with Gasteiger partial charge in [0.2, 0.25) is 0 Å². The van der Waals surface area contributed by atoms with Gasteiger partial charge in [-0.2, -0.15) is 11.8 Å². The fourth-order valence-electron chi connectivity index (χ4n) is 2.33. The minimum absolute atomic E-state index is 0.377. The number of rotatable bonds is 6. The number of anilines is 2. The molecule has 106 valence electrons. The molecule has 7 heteroatoms. The lowest BCUT2D eigenvalue weighted by Gasteiger charge is -2.15. The largest absolute Gasteiger partial charge is 0.377 e. The fraction of sp³-hybridized carbons (Fsp3) is 0.667. The minimum Gasteiger partial charge on any atom is -0.377 e. The number of nitrogens with two attached hydrogens (primary N) is 1. The molecule has 1 fully saturated rings. The zero-order chi connectivity index (χ0) is 13.7. The average molecular weight is 283 g/mol. The van der Waals surface area contributed by atoms with Crippen LogP contribution in [-0.2, 0) is 11.3 Å². The van der Waals surface area contributed by atoms with E-state index >= 15 is 0 Å². The van der Waals surface area contributed by atoms with Gasteiger partial charge in [-0.15, -0.1) is 0 Å². The highest BCUT2D eigenvalue weighted by atomic mass is 32.2. The van der Waals surface area contributed by atoms with Crippen LogP contribution in [0.3, 0.4) is 0 Å². The second kappa shape index (κ2) is 6.93. The van der Waals surface area contributed by atoms with Crippen molar-refractivity contribution < 1.29 is 4.74 Å². The Balaban J connectivity index is 2.04. The third-order valence-electron chi connectivity index (χ3n) is 3.26. The number of hydrazine groups is 1. The van der Waals surface area contributed by atoms with Crippen LogP contribution in [-0.4, -0.2) is 34.6 Å². The summed E-state index contributed by atoms with van der Waals surface area (Å²) in [6.07, 6.45) is 5.79.